The number of carbonyl (C=O) groups excluding carboxylic acids is 1. The number of methoxy groups -OCH3 is 1. The first kappa shape index (κ1) is 23.1. The number of hydrogen-bond donors (Lipinski definition) is 2. The van der Waals surface area contributed by atoms with E-state index in [2.05, 4.69) is 10.6 Å². The number of benzene rings is 3. The van der Waals surface area contributed by atoms with Crippen LogP contribution in [0.5, 0.6) is 11.5 Å². The van der Waals surface area contributed by atoms with Crippen molar-refractivity contribution in [2.75, 3.05) is 17.3 Å². The van der Waals surface area contributed by atoms with Gasteiger partial charge in [0.2, 0.25) is 5.91 Å². The van der Waals surface area contributed by atoms with Gasteiger partial charge in [0.15, 0.2) is 10.8 Å². The number of anilines is 2. The minimum absolute atomic E-state index is 0.222. The summed E-state index contributed by atoms with van der Waals surface area (Å²) in [6.07, 6.45) is 0. The lowest BCUT2D eigenvalue weighted by Crippen LogP contribution is -2.72. The summed E-state index contributed by atoms with van der Waals surface area (Å²) >= 11 is 5.74. The normalized spacial score (nSPS) is 22.5. The van der Waals surface area contributed by atoms with Crippen molar-refractivity contribution in [2.45, 2.75) is 32.5 Å². The van der Waals surface area contributed by atoms with Gasteiger partial charge >= 0.3 is 0 Å². The molecule has 0 aliphatic carbocycles. The maximum Gasteiger partial charge on any atom is 0.236 e. The van der Waals surface area contributed by atoms with Crippen molar-refractivity contribution in [3.63, 3.8) is 0 Å². The molecule has 5 rings (SSSR count). The lowest BCUT2D eigenvalue weighted by atomic mass is 9.78. The predicted molar refractivity (Wildman–Crippen MR) is 137 cm³/mol. The average Bonchev–Trinajstić information content (AvgIpc) is 2.81. The molecular formula is C27H26FN3O3S. The fourth-order valence-electron chi connectivity index (χ4n) is 5.03. The summed E-state index contributed by atoms with van der Waals surface area (Å²) in [6.45, 7) is 5.81. The molecule has 2 aliphatic heterocycles. The van der Waals surface area contributed by atoms with E-state index >= 15 is 0 Å². The minimum atomic E-state index is -1.19. The molecule has 2 N–H and O–H groups in total. The van der Waals surface area contributed by atoms with Crippen LogP contribution in [0, 0.1) is 25.6 Å². The van der Waals surface area contributed by atoms with E-state index in [0.717, 1.165) is 22.4 Å². The number of carbonyl (C=O) groups is 1. The van der Waals surface area contributed by atoms with E-state index in [4.69, 9.17) is 21.7 Å². The minimum Gasteiger partial charge on any atom is -0.497 e. The number of fused-ring (bicyclic) bond motifs is 4. The number of thiocarbonyl (C=S) groups is 1. The van der Waals surface area contributed by atoms with Crippen LogP contribution in [0.4, 0.5) is 15.8 Å². The molecule has 1 saturated heterocycles. The van der Waals surface area contributed by atoms with Crippen molar-refractivity contribution in [3.05, 3.63) is 83.2 Å². The molecule has 3 aromatic carbocycles. The fraction of sp³-hybridized carbons (Fsp3) is 0.259. The lowest BCUT2D eigenvalue weighted by molar-refractivity contribution is -0.130. The summed E-state index contributed by atoms with van der Waals surface area (Å²) < 4.78 is 25.7. The van der Waals surface area contributed by atoms with Gasteiger partial charge in [0.1, 0.15) is 23.2 Å². The Morgan fingerprint density at radius 2 is 1.89 bits per heavy atom. The van der Waals surface area contributed by atoms with Crippen molar-refractivity contribution in [1.82, 2.24) is 5.32 Å². The monoisotopic (exact) mass is 491 g/mol. The number of ether oxygens (including phenoxy) is 2. The summed E-state index contributed by atoms with van der Waals surface area (Å²) in [5.74, 6) is -0.0208. The van der Waals surface area contributed by atoms with E-state index in [-0.39, 0.29) is 11.7 Å². The van der Waals surface area contributed by atoms with Gasteiger partial charge in [-0.3, -0.25) is 9.69 Å². The molecule has 180 valence electrons. The van der Waals surface area contributed by atoms with Gasteiger partial charge in [-0.25, -0.2) is 4.39 Å². The Kier molecular flexibility index (Phi) is 5.63. The van der Waals surface area contributed by atoms with Crippen molar-refractivity contribution >= 4 is 34.6 Å². The van der Waals surface area contributed by atoms with Gasteiger partial charge in [0.25, 0.3) is 0 Å². The SMILES string of the molecule is COc1ccc2c(c1)[C@H]1NC(=S)N(c3ccc(F)cc3)[C@@](C)(O2)[C@@H]1C(=O)Nc1ccc(C)cc1C. The molecule has 0 aromatic heterocycles. The van der Waals surface area contributed by atoms with Crippen LogP contribution >= 0.6 is 12.2 Å². The second kappa shape index (κ2) is 8.53. The van der Waals surface area contributed by atoms with Crippen molar-refractivity contribution in [3.8, 4) is 11.5 Å². The number of nitrogens with one attached hydrogen (secondary N) is 2. The molecule has 0 unspecified atom stereocenters. The smallest absolute Gasteiger partial charge is 0.236 e. The summed E-state index contributed by atoms with van der Waals surface area (Å²) in [5, 5.41) is 6.83. The van der Waals surface area contributed by atoms with E-state index < -0.39 is 17.7 Å². The van der Waals surface area contributed by atoms with Gasteiger partial charge < -0.3 is 20.1 Å². The highest BCUT2D eigenvalue weighted by Crippen LogP contribution is 2.50. The van der Waals surface area contributed by atoms with Crippen LogP contribution in [0.3, 0.4) is 0 Å². The summed E-state index contributed by atoms with van der Waals surface area (Å²) in [7, 11) is 1.59. The van der Waals surface area contributed by atoms with Crippen molar-refractivity contribution in [2.24, 2.45) is 5.92 Å². The Labute approximate surface area is 209 Å². The molecular weight excluding hydrogens is 465 g/mol. The Morgan fingerprint density at radius 1 is 1.14 bits per heavy atom. The molecule has 2 aliphatic rings. The zero-order valence-corrected chi connectivity index (χ0v) is 20.7. The van der Waals surface area contributed by atoms with Crippen molar-refractivity contribution < 1.29 is 18.7 Å². The summed E-state index contributed by atoms with van der Waals surface area (Å²) in [5.41, 5.74) is 3.02. The molecule has 1 amide bonds. The third kappa shape index (κ3) is 3.87. The van der Waals surface area contributed by atoms with Crippen LogP contribution in [-0.4, -0.2) is 23.9 Å². The Morgan fingerprint density at radius 3 is 2.57 bits per heavy atom. The molecule has 3 aromatic rings. The van der Waals surface area contributed by atoms with Crippen LogP contribution in [0.1, 0.15) is 29.7 Å². The molecule has 2 heterocycles. The van der Waals surface area contributed by atoms with E-state index in [9.17, 15) is 9.18 Å². The van der Waals surface area contributed by atoms with E-state index in [1.807, 2.05) is 57.2 Å². The standard InChI is InChI=1S/C27H26FN3O3S/c1-15-5-11-21(16(2)13-15)29-25(32)23-24-20-14-19(33-4)10-12-22(20)34-27(23,3)31(26(35)30-24)18-8-6-17(28)7-9-18/h5-14,23-24H,1-4H3,(H,29,32)(H,30,35)/t23-,24+,27-/m0/s1. The molecule has 0 spiro atoms. The van der Waals surface area contributed by atoms with Gasteiger partial charge in [0.05, 0.1) is 13.2 Å². The lowest BCUT2D eigenvalue weighted by Gasteiger charge is -2.56. The third-order valence-electron chi connectivity index (χ3n) is 6.71. The number of rotatable bonds is 4. The van der Waals surface area contributed by atoms with Gasteiger partial charge in [-0.05, 0) is 87.1 Å². The fourth-order valence-corrected chi connectivity index (χ4v) is 5.45. The zero-order chi connectivity index (χ0) is 24.9. The number of hydrogen-bond acceptors (Lipinski definition) is 4. The van der Waals surface area contributed by atoms with Gasteiger partial charge in [-0.15, -0.1) is 0 Å². The molecule has 1 fully saturated rings. The van der Waals surface area contributed by atoms with Crippen LogP contribution in [0.15, 0.2) is 60.7 Å². The van der Waals surface area contributed by atoms with E-state index in [0.29, 0.717) is 22.3 Å². The number of nitrogens with zero attached hydrogens (tertiary/aromatic N) is 1. The highest BCUT2D eigenvalue weighted by molar-refractivity contribution is 7.80. The molecule has 3 atom stereocenters. The molecule has 2 bridgehead atoms. The third-order valence-corrected chi connectivity index (χ3v) is 7.01. The summed E-state index contributed by atoms with van der Waals surface area (Å²) in [4.78, 5) is 15.7. The van der Waals surface area contributed by atoms with E-state index in [1.165, 1.54) is 12.1 Å². The quantitative estimate of drug-likeness (QED) is 0.486. The predicted octanol–water partition coefficient (Wildman–Crippen LogP) is 5.25. The van der Waals surface area contributed by atoms with Gasteiger partial charge in [-0.1, -0.05) is 17.7 Å². The van der Waals surface area contributed by atoms with Crippen molar-refractivity contribution in [1.29, 1.82) is 0 Å². The van der Waals surface area contributed by atoms with Crippen LogP contribution < -0.4 is 25.0 Å². The van der Waals surface area contributed by atoms with Gasteiger partial charge in [-0.2, -0.15) is 0 Å². The van der Waals surface area contributed by atoms with Crippen LogP contribution in [0.25, 0.3) is 0 Å². The second-order valence-corrected chi connectivity index (χ2v) is 9.47. The first-order valence-corrected chi connectivity index (χ1v) is 11.7. The number of amides is 1. The summed E-state index contributed by atoms with van der Waals surface area (Å²) in [6, 6.07) is 16.9. The van der Waals surface area contributed by atoms with Gasteiger partial charge in [0, 0.05) is 16.9 Å². The number of aryl methyl sites for hydroxylation is 2. The zero-order valence-electron chi connectivity index (χ0n) is 19.9. The van der Waals surface area contributed by atoms with E-state index in [1.54, 1.807) is 24.1 Å². The first-order chi connectivity index (χ1) is 16.7. The van der Waals surface area contributed by atoms with Crippen LogP contribution in [-0.2, 0) is 4.79 Å². The second-order valence-electron chi connectivity index (χ2n) is 9.08. The molecule has 6 nitrogen and oxygen atoms in total. The topological polar surface area (TPSA) is 62.8 Å². The van der Waals surface area contributed by atoms with Crippen LogP contribution in [0.2, 0.25) is 0 Å². The highest BCUT2D eigenvalue weighted by Gasteiger charge is 2.59. The maximum atomic E-state index is 13.9. The maximum absolute atomic E-state index is 13.9. The first-order valence-electron chi connectivity index (χ1n) is 11.3. The molecule has 0 radical (unpaired) electrons. The average molecular weight is 492 g/mol. The highest BCUT2D eigenvalue weighted by atomic mass is 32.1. The Balaban J connectivity index is 1.63. The Hall–Kier alpha value is -3.65. The Bertz CT molecular complexity index is 1330. The number of halogens is 1. The molecule has 35 heavy (non-hydrogen) atoms. The molecule has 0 saturated carbocycles. The molecule has 8 heteroatoms. The largest absolute Gasteiger partial charge is 0.497 e.